The standard InChI is InChI=1S/C21H19ClN4O4S/c22-18-8-1-2-9-19(18)26-31(29,30)17-7-3-6-16(13-17)21(28)25-24-20(27)11-10-15-5-4-12-23-14-15/h1-9,12-14,26H,10-11H2,(H,24,27)(H,25,28). The molecule has 0 aliphatic carbocycles. The predicted octanol–water partition coefficient (Wildman–Crippen LogP) is 2.93. The number of aromatic nitrogens is 1. The summed E-state index contributed by atoms with van der Waals surface area (Å²) in [6.45, 7) is 0. The number of nitrogens with zero attached hydrogens (tertiary/aromatic N) is 1. The lowest BCUT2D eigenvalue weighted by Crippen LogP contribution is -2.41. The topological polar surface area (TPSA) is 117 Å². The Balaban J connectivity index is 1.60. The molecule has 1 heterocycles. The largest absolute Gasteiger partial charge is 0.278 e. The number of amides is 2. The number of sulfonamides is 1. The van der Waals surface area contributed by atoms with E-state index in [1.165, 1.54) is 30.3 Å². The van der Waals surface area contributed by atoms with Gasteiger partial charge in [-0.05, 0) is 48.4 Å². The normalized spacial score (nSPS) is 10.9. The fraction of sp³-hybridized carbons (Fsp3) is 0.0952. The summed E-state index contributed by atoms with van der Waals surface area (Å²) in [5, 5.41) is 0.244. The number of carbonyl (C=O) groups is 2. The Kier molecular flexibility index (Phi) is 7.22. The van der Waals surface area contributed by atoms with Crippen molar-refractivity contribution in [2.75, 3.05) is 4.72 Å². The molecule has 0 atom stereocenters. The first-order valence-corrected chi connectivity index (χ1v) is 11.1. The molecule has 0 fully saturated rings. The van der Waals surface area contributed by atoms with Crippen molar-refractivity contribution in [1.82, 2.24) is 15.8 Å². The lowest BCUT2D eigenvalue weighted by molar-refractivity contribution is -0.121. The van der Waals surface area contributed by atoms with E-state index in [2.05, 4.69) is 20.6 Å². The molecule has 3 aromatic rings. The van der Waals surface area contributed by atoms with E-state index in [1.807, 2.05) is 6.07 Å². The number of para-hydroxylation sites is 1. The van der Waals surface area contributed by atoms with Crippen molar-refractivity contribution in [3.8, 4) is 0 Å². The van der Waals surface area contributed by atoms with Gasteiger partial charge >= 0.3 is 0 Å². The molecule has 0 saturated heterocycles. The van der Waals surface area contributed by atoms with Gasteiger partial charge in [-0.15, -0.1) is 0 Å². The van der Waals surface area contributed by atoms with Crippen LogP contribution in [0.25, 0.3) is 0 Å². The average molecular weight is 459 g/mol. The average Bonchev–Trinajstić information content (AvgIpc) is 2.78. The fourth-order valence-corrected chi connectivity index (χ4v) is 3.98. The summed E-state index contributed by atoms with van der Waals surface area (Å²) in [6, 6.07) is 15.4. The van der Waals surface area contributed by atoms with Gasteiger partial charge < -0.3 is 0 Å². The van der Waals surface area contributed by atoms with Gasteiger partial charge in [0, 0.05) is 24.4 Å². The number of halogens is 1. The molecule has 0 aliphatic rings. The van der Waals surface area contributed by atoms with Crippen LogP contribution in [-0.2, 0) is 21.2 Å². The summed E-state index contributed by atoms with van der Waals surface area (Å²) in [4.78, 5) is 28.1. The molecule has 3 rings (SSSR count). The SMILES string of the molecule is O=C(CCc1cccnc1)NNC(=O)c1cccc(S(=O)(=O)Nc2ccccc2Cl)c1. The number of hydrogen-bond donors (Lipinski definition) is 3. The molecule has 2 aromatic carbocycles. The van der Waals surface area contributed by atoms with E-state index < -0.39 is 15.9 Å². The van der Waals surface area contributed by atoms with Crippen LogP contribution in [0.15, 0.2) is 78.0 Å². The number of pyridine rings is 1. The molecule has 10 heteroatoms. The zero-order valence-electron chi connectivity index (χ0n) is 16.2. The molecule has 0 bridgehead atoms. The molecule has 3 N–H and O–H groups in total. The number of hydrazine groups is 1. The van der Waals surface area contributed by atoms with E-state index in [4.69, 9.17) is 11.6 Å². The van der Waals surface area contributed by atoms with Gasteiger partial charge in [-0.2, -0.15) is 0 Å². The van der Waals surface area contributed by atoms with Crippen molar-refractivity contribution in [3.05, 3.63) is 89.2 Å². The molecular weight excluding hydrogens is 440 g/mol. The van der Waals surface area contributed by atoms with E-state index in [0.717, 1.165) is 5.56 Å². The van der Waals surface area contributed by atoms with Crippen LogP contribution in [0.5, 0.6) is 0 Å². The molecule has 0 radical (unpaired) electrons. The second-order valence-corrected chi connectivity index (χ2v) is 8.57. The highest BCUT2D eigenvalue weighted by Gasteiger charge is 2.18. The minimum absolute atomic E-state index is 0.0644. The molecule has 0 spiro atoms. The van der Waals surface area contributed by atoms with E-state index in [0.29, 0.717) is 6.42 Å². The number of anilines is 1. The molecule has 0 unspecified atom stereocenters. The number of carbonyl (C=O) groups excluding carboxylic acids is 2. The van der Waals surface area contributed by atoms with Crippen molar-refractivity contribution in [3.63, 3.8) is 0 Å². The minimum atomic E-state index is -3.97. The van der Waals surface area contributed by atoms with Crippen LogP contribution in [-0.4, -0.2) is 25.2 Å². The molecule has 2 amide bonds. The van der Waals surface area contributed by atoms with Crippen LogP contribution in [0.2, 0.25) is 5.02 Å². The Hall–Kier alpha value is -3.43. The first kappa shape index (κ1) is 22.3. The van der Waals surface area contributed by atoms with Crippen molar-refractivity contribution in [1.29, 1.82) is 0 Å². The molecule has 31 heavy (non-hydrogen) atoms. The lowest BCUT2D eigenvalue weighted by Gasteiger charge is -2.11. The summed E-state index contributed by atoms with van der Waals surface area (Å²) < 4.78 is 27.7. The van der Waals surface area contributed by atoms with Gasteiger partial charge in [-0.3, -0.25) is 30.1 Å². The third-order valence-electron chi connectivity index (χ3n) is 4.20. The summed E-state index contributed by atoms with van der Waals surface area (Å²) in [7, 11) is -3.97. The number of hydrogen-bond acceptors (Lipinski definition) is 5. The van der Waals surface area contributed by atoms with E-state index >= 15 is 0 Å². The highest BCUT2D eigenvalue weighted by atomic mass is 35.5. The maximum absolute atomic E-state index is 12.6. The van der Waals surface area contributed by atoms with Gasteiger partial charge in [0.05, 0.1) is 15.6 Å². The Bertz CT molecular complexity index is 1190. The first-order valence-electron chi connectivity index (χ1n) is 9.21. The van der Waals surface area contributed by atoms with E-state index in [9.17, 15) is 18.0 Å². The van der Waals surface area contributed by atoms with Crippen molar-refractivity contribution < 1.29 is 18.0 Å². The van der Waals surface area contributed by atoms with Crippen LogP contribution >= 0.6 is 11.6 Å². The Morgan fingerprint density at radius 2 is 1.77 bits per heavy atom. The molecule has 160 valence electrons. The third-order valence-corrected chi connectivity index (χ3v) is 5.90. The van der Waals surface area contributed by atoms with Crippen LogP contribution in [0.4, 0.5) is 5.69 Å². The van der Waals surface area contributed by atoms with Crippen LogP contribution in [0, 0.1) is 0 Å². The highest BCUT2D eigenvalue weighted by Crippen LogP contribution is 2.24. The maximum atomic E-state index is 12.6. The summed E-state index contributed by atoms with van der Waals surface area (Å²) >= 11 is 6.00. The van der Waals surface area contributed by atoms with Crippen molar-refractivity contribution >= 4 is 39.1 Å². The van der Waals surface area contributed by atoms with Gasteiger partial charge in [0.25, 0.3) is 15.9 Å². The molecular formula is C21H19ClN4O4S. The van der Waals surface area contributed by atoms with Gasteiger partial charge in [0.1, 0.15) is 0 Å². The van der Waals surface area contributed by atoms with Crippen LogP contribution in [0.1, 0.15) is 22.3 Å². The maximum Gasteiger partial charge on any atom is 0.269 e. The smallest absolute Gasteiger partial charge is 0.269 e. The highest BCUT2D eigenvalue weighted by molar-refractivity contribution is 7.92. The van der Waals surface area contributed by atoms with Crippen LogP contribution < -0.4 is 15.6 Å². The molecule has 8 nitrogen and oxygen atoms in total. The number of nitrogens with one attached hydrogen (secondary N) is 3. The summed E-state index contributed by atoms with van der Waals surface area (Å²) in [5.41, 5.74) is 5.78. The zero-order chi connectivity index (χ0) is 22.3. The van der Waals surface area contributed by atoms with Gasteiger partial charge in [-0.1, -0.05) is 35.9 Å². The van der Waals surface area contributed by atoms with Crippen molar-refractivity contribution in [2.24, 2.45) is 0 Å². The fourth-order valence-electron chi connectivity index (χ4n) is 2.62. The Morgan fingerprint density at radius 1 is 0.968 bits per heavy atom. The molecule has 0 saturated carbocycles. The number of aryl methyl sites for hydroxylation is 1. The van der Waals surface area contributed by atoms with Gasteiger partial charge in [0.15, 0.2) is 0 Å². The van der Waals surface area contributed by atoms with Gasteiger partial charge in [-0.25, -0.2) is 8.42 Å². The predicted molar refractivity (Wildman–Crippen MR) is 117 cm³/mol. The Morgan fingerprint density at radius 3 is 2.52 bits per heavy atom. The second kappa shape index (κ2) is 10.1. The number of rotatable bonds is 7. The monoisotopic (exact) mass is 458 g/mol. The first-order chi connectivity index (χ1) is 14.8. The summed E-state index contributed by atoms with van der Waals surface area (Å²) in [6.07, 6.45) is 3.93. The van der Waals surface area contributed by atoms with Crippen molar-refractivity contribution in [2.45, 2.75) is 17.7 Å². The second-order valence-electron chi connectivity index (χ2n) is 6.48. The summed E-state index contributed by atoms with van der Waals surface area (Å²) in [5.74, 6) is -1.04. The van der Waals surface area contributed by atoms with E-state index in [1.54, 1.807) is 36.7 Å². The van der Waals surface area contributed by atoms with E-state index in [-0.39, 0.29) is 33.5 Å². The zero-order valence-corrected chi connectivity index (χ0v) is 17.8. The minimum Gasteiger partial charge on any atom is -0.278 e. The number of benzene rings is 2. The Labute approximate surface area is 184 Å². The molecule has 0 aliphatic heterocycles. The van der Waals surface area contributed by atoms with Crippen LogP contribution in [0.3, 0.4) is 0 Å². The quantitative estimate of drug-likeness (QED) is 0.470. The molecule has 1 aromatic heterocycles. The lowest BCUT2D eigenvalue weighted by atomic mass is 10.1. The van der Waals surface area contributed by atoms with Gasteiger partial charge in [0.2, 0.25) is 5.91 Å². The third kappa shape index (κ3) is 6.27.